The number of ether oxygens (including phenoxy) is 1. The molecule has 1 aromatic rings. The van der Waals surface area contributed by atoms with E-state index >= 15 is 0 Å². The van der Waals surface area contributed by atoms with Crippen molar-refractivity contribution in [1.29, 1.82) is 0 Å². The quantitative estimate of drug-likeness (QED) is 0.469. The topological polar surface area (TPSA) is 70.3 Å². The lowest BCUT2D eigenvalue weighted by Gasteiger charge is -2.36. The van der Waals surface area contributed by atoms with Gasteiger partial charge in [0.2, 0.25) is 0 Å². The van der Waals surface area contributed by atoms with E-state index in [1.54, 1.807) is 19.2 Å². The number of carbonyl (C=O) groups excluding carboxylic acids is 1. The van der Waals surface area contributed by atoms with Gasteiger partial charge in [-0.25, -0.2) is 0 Å². The van der Waals surface area contributed by atoms with Crippen molar-refractivity contribution >= 4 is 11.9 Å². The van der Waals surface area contributed by atoms with Gasteiger partial charge >= 0.3 is 0 Å². The van der Waals surface area contributed by atoms with Crippen LogP contribution in [0.2, 0.25) is 0 Å². The van der Waals surface area contributed by atoms with Crippen molar-refractivity contribution in [3.05, 3.63) is 24.2 Å². The Morgan fingerprint density at radius 1 is 1.22 bits per heavy atom. The second-order valence-electron chi connectivity index (χ2n) is 7.21. The third kappa shape index (κ3) is 5.73. The molecule has 3 rings (SSSR count). The molecule has 0 radical (unpaired) electrons. The van der Waals surface area contributed by atoms with Gasteiger partial charge in [-0.05, 0) is 31.4 Å². The molecule has 0 aromatic carbocycles. The molecule has 1 aliphatic carbocycles. The van der Waals surface area contributed by atoms with Gasteiger partial charge in [-0.2, -0.15) is 0 Å². The molecule has 0 bridgehead atoms. The molecule has 1 aliphatic heterocycles. The number of aliphatic imine (C=N–C) groups is 1. The summed E-state index contributed by atoms with van der Waals surface area (Å²) in [6.07, 6.45) is 9.40. The van der Waals surface area contributed by atoms with Crippen molar-refractivity contribution in [3.8, 4) is 0 Å². The Balaban J connectivity index is 1.33. The lowest BCUT2D eigenvalue weighted by atomic mass is 9.98. The number of guanidine groups is 1. The molecule has 2 heterocycles. The summed E-state index contributed by atoms with van der Waals surface area (Å²) in [7, 11) is 1.81. The molecule has 1 saturated carbocycles. The second kappa shape index (κ2) is 10.3. The normalized spacial score (nSPS) is 19.4. The number of rotatable bonds is 6. The average molecular weight is 377 g/mol. The van der Waals surface area contributed by atoms with E-state index in [-0.39, 0.29) is 5.91 Å². The maximum Gasteiger partial charge on any atom is 0.289 e. The summed E-state index contributed by atoms with van der Waals surface area (Å²) >= 11 is 0. The number of furan rings is 1. The van der Waals surface area contributed by atoms with Crippen LogP contribution in [0.5, 0.6) is 0 Å². The molecule has 7 nitrogen and oxygen atoms in total. The third-order valence-electron chi connectivity index (χ3n) is 5.32. The minimum absolute atomic E-state index is 0.0394. The first-order valence-corrected chi connectivity index (χ1v) is 10.2. The summed E-state index contributed by atoms with van der Waals surface area (Å²) in [6.45, 7) is 4.54. The third-order valence-corrected chi connectivity index (χ3v) is 5.32. The van der Waals surface area contributed by atoms with Gasteiger partial charge in [-0.15, -0.1) is 0 Å². The zero-order chi connectivity index (χ0) is 18.9. The van der Waals surface area contributed by atoms with Crippen LogP contribution in [0.3, 0.4) is 0 Å². The van der Waals surface area contributed by atoms with Gasteiger partial charge in [-0.1, -0.05) is 19.3 Å². The molecule has 0 unspecified atom stereocenters. The Bertz CT molecular complexity index is 588. The second-order valence-corrected chi connectivity index (χ2v) is 7.21. The lowest BCUT2D eigenvalue weighted by Crippen LogP contribution is -2.53. The van der Waals surface area contributed by atoms with E-state index in [0.29, 0.717) is 25.0 Å². The highest BCUT2D eigenvalue weighted by molar-refractivity contribution is 5.91. The fourth-order valence-corrected chi connectivity index (χ4v) is 3.76. The predicted molar refractivity (Wildman–Crippen MR) is 105 cm³/mol. The lowest BCUT2D eigenvalue weighted by molar-refractivity contribution is 0.0276. The molecular formula is C20H32N4O3. The van der Waals surface area contributed by atoms with Crippen molar-refractivity contribution in [3.63, 3.8) is 0 Å². The van der Waals surface area contributed by atoms with Crippen LogP contribution >= 0.6 is 0 Å². The highest BCUT2D eigenvalue weighted by Gasteiger charge is 2.25. The average Bonchev–Trinajstić information content (AvgIpc) is 3.26. The molecule has 0 spiro atoms. The largest absolute Gasteiger partial charge is 0.459 e. The zero-order valence-electron chi connectivity index (χ0n) is 16.4. The van der Waals surface area contributed by atoms with Crippen LogP contribution in [0, 0.1) is 0 Å². The van der Waals surface area contributed by atoms with Crippen molar-refractivity contribution < 1.29 is 13.9 Å². The van der Waals surface area contributed by atoms with Crippen molar-refractivity contribution in [2.45, 2.75) is 44.6 Å². The number of nitrogens with one attached hydrogen (secondary N) is 1. The highest BCUT2D eigenvalue weighted by atomic mass is 16.5. The molecule has 7 heteroatoms. The van der Waals surface area contributed by atoms with Crippen LogP contribution in [0.4, 0.5) is 0 Å². The van der Waals surface area contributed by atoms with Crippen LogP contribution in [0.15, 0.2) is 27.8 Å². The summed E-state index contributed by atoms with van der Waals surface area (Å²) in [5, 5.41) is 3.42. The van der Waals surface area contributed by atoms with Gasteiger partial charge in [0, 0.05) is 46.4 Å². The molecule has 2 aliphatic rings. The first kappa shape index (κ1) is 19.7. The molecular weight excluding hydrogens is 344 g/mol. The molecule has 27 heavy (non-hydrogen) atoms. The van der Waals surface area contributed by atoms with E-state index < -0.39 is 0 Å². The summed E-state index contributed by atoms with van der Waals surface area (Å²) in [6, 6.07) is 3.46. The van der Waals surface area contributed by atoms with E-state index in [1.165, 1.54) is 38.4 Å². The smallest absolute Gasteiger partial charge is 0.289 e. The van der Waals surface area contributed by atoms with E-state index in [0.717, 1.165) is 38.6 Å². The minimum Gasteiger partial charge on any atom is -0.459 e. The Hall–Kier alpha value is -2.02. The van der Waals surface area contributed by atoms with Crippen molar-refractivity contribution in [2.75, 3.05) is 46.4 Å². The maximum absolute atomic E-state index is 12.3. The molecule has 2 fully saturated rings. The Morgan fingerprint density at radius 3 is 2.63 bits per heavy atom. The highest BCUT2D eigenvalue weighted by Crippen LogP contribution is 2.20. The summed E-state index contributed by atoms with van der Waals surface area (Å²) in [5.74, 6) is 1.27. The molecule has 1 saturated heterocycles. The molecule has 1 N–H and O–H groups in total. The fourth-order valence-electron chi connectivity index (χ4n) is 3.76. The number of amides is 1. The summed E-state index contributed by atoms with van der Waals surface area (Å²) in [4.78, 5) is 20.8. The van der Waals surface area contributed by atoms with Gasteiger partial charge in [0.05, 0.1) is 12.4 Å². The van der Waals surface area contributed by atoms with Gasteiger partial charge < -0.3 is 24.3 Å². The van der Waals surface area contributed by atoms with Gasteiger partial charge in [0.1, 0.15) is 0 Å². The van der Waals surface area contributed by atoms with E-state index in [9.17, 15) is 4.79 Å². The molecule has 1 amide bonds. The van der Waals surface area contributed by atoms with E-state index in [4.69, 9.17) is 9.15 Å². The number of carbonyl (C=O) groups is 1. The number of nitrogens with zero attached hydrogens (tertiary/aromatic N) is 3. The van der Waals surface area contributed by atoms with Crippen LogP contribution in [-0.4, -0.2) is 74.1 Å². The molecule has 0 atom stereocenters. The fraction of sp³-hybridized carbons (Fsp3) is 0.700. The van der Waals surface area contributed by atoms with Crippen LogP contribution < -0.4 is 5.32 Å². The van der Waals surface area contributed by atoms with Crippen molar-refractivity contribution in [1.82, 2.24) is 15.1 Å². The minimum atomic E-state index is -0.0394. The van der Waals surface area contributed by atoms with Crippen molar-refractivity contribution in [2.24, 2.45) is 4.99 Å². The first-order chi connectivity index (χ1) is 13.3. The van der Waals surface area contributed by atoms with Gasteiger partial charge in [0.15, 0.2) is 11.7 Å². The molecule has 1 aromatic heterocycles. The zero-order valence-corrected chi connectivity index (χ0v) is 16.4. The predicted octanol–water partition coefficient (Wildman–Crippen LogP) is 2.35. The van der Waals surface area contributed by atoms with E-state index in [2.05, 4.69) is 15.2 Å². The number of hydrogen-bond acceptors (Lipinski definition) is 4. The van der Waals surface area contributed by atoms with Gasteiger partial charge in [-0.3, -0.25) is 9.79 Å². The van der Waals surface area contributed by atoms with Crippen LogP contribution in [0.25, 0.3) is 0 Å². The number of piperazine rings is 1. The summed E-state index contributed by atoms with van der Waals surface area (Å²) < 4.78 is 11.2. The Morgan fingerprint density at radius 2 is 1.96 bits per heavy atom. The first-order valence-electron chi connectivity index (χ1n) is 10.2. The van der Waals surface area contributed by atoms with Crippen LogP contribution in [-0.2, 0) is 4.74 Å². The maximum atomic E-state index is 12.3. The standard InChI is InChI=1S/C20H32N4O3/c1-21-20(22-10-6-16-26-17-7-3-2-4-8-17)24-13-11-23(12-14-24)19(25)18-9-5-15-27-18/h5,9,15,17H,2-4,6-8,10-14,16H2,1H3,(H,21,22). The SMILES string of the molecule is CN=C(NCCCOC1CCCCC1)N1CCN(C(=O)c2ccco2)CC1. The Labute approximate surface area is 161 Å². The monoisotopic (exact) mass is 376 g/mol. The number of hydrogen-bond donors (Lipinski definition) is 1. The van der Waals surface area contributed by atoms with Crippen LogP contribution in [0.1, 0.15) is 49.1 Å². The molecule has 150 valence electrons. The van der Waals surface area contributed by atoms with Gasteiger partial charge in [0.25, 0.3) is 5.91 Å². The van der Waals surface area contributed by atoms with E-state index in [1.807, 2.05) is 4.90 Å². The summed E-state index contributed by atoms with van der Waals surface area (Å²) in [5.41, 5.74) is 0. The Kier molecular flexibility index (Phi) is 7.56.